The second-order valence-corrected chi connectivity index (χ2v) is 3.76. The Hall–Kier alpha value is -1.40. The molecule has 0 bridgehead atoms. The summed E-state index contributed by atoms with van der Waals surface area (Å²) in [6.07, 6.45) is 0.197. The van der Waals surface area contributed by atoms with Crippen LogP contribution in [0.4, 0.5) is 4.39 Å². The number of alkyl halides is 1. The number of hydrogen-bond acceptors (Lipinski definition) is 4. The zero-order valence-electron chi connectivity index (χ0n) is 9.19. The number of halogens is 1. The highest BCUT2D eigenvalue weighted by molar-refractivity contribution is 6.61. The van der Waals surface area contributed by atoms with Crippen molar-refractivity contribution in [2.75, 3.05) is 13.3 Å². The van der Waals surface area contributed by atoms with Crippen LogP contribution in [0.5, 0.6) is 0 Å². The summed E-state index contributed by atoms with van der Waals surface area (Å²) in [5, 5.41) is 9.48. The van der Waals surface area contributed by atoms with Crippen LogP contribution in [0.1, 0.15) is 22.3 Å². The van der Waals surface area contributed by atoms with Gasteiger partial charge in [-0.25, -0.2) is 4.79 Å². The van der Waals surface area contributed by atoms with Crippen molar-refractivity contribution in [1.29, 1.82) is 0 Å². The van der Waals surface area contributed by atoms with Gasteiger partial charge in [-0.05, 0) is 23.2 Å². The van der Waals surface area contributed by atoms with E-state index in [9.17, 15) is 14.2 Å². The average Bonchev–Trinajstić information content (AvgIpc) is 2.71. The molecule has 1 aliphatic rings. The maximum absolute atomic E-state index is 11.8. The molecule has 4 nitrogen and oxygen atoms in total. The zero-order valence-corrected chi connectivity index (χ0v) is 9.19. The van der Waals surface area contributed by atoms with Gasteiger partial charge in [-0.3, -0.25) is 4.39 Å². The Bertz CT molecular complexity index is 424. The molecule has 1 N–H and O–H groups in total. The molecule has 0 amide bonds. The van der Waals surface area contributed by atoms with E-state index in [1.54, 1.807) is 18.2 Å². The van der Waals surface area contributed by atoms with E-state index in [1.807, 2.05) is 0 Å². The lowest BCUT2D eigenvalue weighted by Crippen LogP contribution is -2.28. The Morgan fingerprint density at radius 1 is 1.59 bits per heavy atom. The van der Waals surface area contributed by atoms with Gasteiger partial charge >= 0.3 is 13.1 Å². The summed E-state index contributed by atoms with van der Waals surface area (Å²) in [5.74, 6) is -0.514. The largest absolute Gasteiger partial charge is 0.491 e. The summed E-state index contributed by atoms with van der Waals surface area (Å²) >= 11 is 0. The van der Waals surface area contributed by atoms with Gasteiger partial charge in [0, 0.05) is 6.42 Å². The first-order chi connectivity index (χ1) is 8.22. The van der Waals surface area contributed by atoms with Gasteiger partial charge in [-0.15, -0.1) is 0 Å². The molecule has 1 aromatic rings. The van der Waals surface area contributed by atoms with Crippen LogP contribution in [0.25, 0.3) is 0 Å². The number of esters is 1. The quantitative estimate of drug-likeness (QED) is 0.469. The van der Waals surface area contributed by atoms with Crippen LogP contribution in [-0.2, 0) is 16.0 Å². The Kier molecular flexibility index (Phi) is 3.76. The standard InChI is InChI=1S/C11H12BFO4/c13-4-1-5-16-11(14)8-2-3-9-7-17-12(15)10(9)6-8/h2-3,6,15H,1,4-5,7H2. The minimum atomic E-state index is -0.983. The molecular weight excluding hydrogens is 226 g/mol. The van der Waals surface area contributed by atoms with E-state index in [4.69, 9.17) is 9.39 Å². The van der Waals surface area contributed by atoms with Gasteiger partial charge in [-0.1, -0.05) is 6.07 Å². The highest BCUT2D eigenvalue weighted by Gasteiger charge is 2.28. The summed E-state index contributed by atoms with van der Waals surface area (Å²) in [7, 11) is -0.983. The van der Waals surface area contributed by atoms with E-state index in [1.165, 1.54) is 0 Å². The second kappa shape index (κ2) is 5.29. The van der Waals surface area contributed by atoms with E-state index < -0.39 is 19.8 Å². The van der Waals surface area contributed by atoms with Crippen molar-refractivity contribution in [3.8, 4) is 0 Å². The summed E-state index contributed by atoms with van der Waals surface area (Å²) in [5.41, 5.74) is 1.79. The Morgan fingerprint density at radius 2 is 2.41 bits per heavy atom. The lowest BCUT2D eigenvalue weighted by molar-refractivity contribution is 0.0494. The monoisotopic (exact) mass is 238 g/mol. The fourth-order valence-corrected chi connectivity index (χ4v) is 1.64. The van der Waals surface area contributed by atoms with E-state index in [0.717, 1.165) is 5.56 Å². The van der Waals surface area contributed by atoms with Gasteiger partial charge in [0.25, 0.3) is 0 Å². The van der Waals surface area contributed by atoms with Gasteiger partial charge in [0.2, 0.25) is 0 Å². The van der Waals surface area contributed by atoms with Crippen LogP contribution in [-0.4, -0.2) is 31.4 Å². The highest BCUT2D eigenvalue weighted by atomic mass is 19.1. The molecule has 17 heavy (non-hydrogen) atoms. The number of benzene rings is 1. The zero-order chi connectivity index (χ0) is 12.3. The minimum absolute atomic E-state index is 0.0610. The summed E-state index contributed by atoms with van der Waals surface area (Å²) in [4.78, 5) is 11.6. The normalized spacial score (nSPS) is 13.6. The first kappa shape index (κ1) is 12.1. The predicted molar refractivity (Wildman–Crippen MR) is 59.7 cm³/mol. The Labute approximate surface area is 98.5 Å². The van der Waals surface area contributed by atoms with Crippen molar-refractivity contribution in [2.45, 2.75) is 13.0 Å². The molecule has 0 unspecified atom stereocenters. The first-order valence-corrected chi connectivity index (χ1v) is 5.38. The first-order valence-electron chi connectivity index (χ1n) is 5.38. The molecule has 1 aromatic carbocycles. The van der Waals surface area contributed by atoms with Crippen LogP contribution in [0.2, 0.25) is 0 Å². The molecule has 0 aliphatic carbocycles. The molecule has 90 valence electrons. The second-order valence-electron chi connectivity index (χ2n) is 3.76. The maximum Gasteiger partial charge on any atom is 0.491 e. The van der Waals surface area contributed by atoms with Gasteiger partial charge in [0.15, 0.2) is 0 Å². The number of ether oxygens (including phenoxy) is 1. The molecule has 1 heterocycles. The topological polar surface area (TPSA) is 55.8 Å². The fraction of sp³-hybridized carbons (Fsp3) is 0.364. The van der Waals surface area contributed by atoms with Crippen LogP contribution in [0.3, 0.4) is 0 Å². The molecule has 0 spiro atoms. The molecule has 0 aromatic heterocycles. The molecular formula is C11H12BFO4. The molecule has 0 radical (unpaired) electrons. The van der Waals surface area contributed by atoms with Crippen molar-refractivity contribution in [2.24, 2.45) is 0 Å². The third kappa shape index (κ3) is 2.65. The third-order valence-corrected chi connectivity index (χ3v) is 2.56. The van der Waals surface area contributed by atoms with Gasteiger partial charge < -0.3 is 14.4 Å². The van der Waals surface area contributed by atoms with Crippen LogP contribution in [0.15, 0.2) is 18.2 Å². The van der Waals surface area contributed by atoms with E-state index in [0.29, 0.717) is 17.6 Å². The number of hydrogen-bond donors (Lipinski definition) is 1. The van der Waals surface area contributed by atoms with Gasteiger partial charge in [0.1, 0.15) is 0 Å². The molecule has 0 atom stereocenters. The number of carbonyl (C=O) groups excluding carboxylic acids is 1. The highest BCUT2D eigenvalue weighted by Crippen LogP contribution is 2.12. The summed E-state index contributed by atoms with van der Waals surface area (Å²) in [6.45, 7) is -0.108. The molecule has 2 rings (SSSR count). The smallest absolute Gasteiger partial charge is 0.462 e. The summed E-state index contributed by atoms with van der Waals surface area (Å²) < 4.78 is 21.7. The Morgan fingerprint density at radius 3 is 3.18 bits per heavy atom. The SMILES string of the molecule is O=C(OCCCF)c1ccc2c(c1)B(O)OC2. The van der Waals surface area contributed by atoms with Crippen molar-refractivity contribution in [3.63, 3.8) is 0 Å². The van der Waals surface area contributed by atoms with E-state index in [-0.39, 0.29) is 13.0 Å². The molecule has 0 saturated carbocycles. The third-order valence-electron chi connectivity index (χ3n) is 2.56. The summed E-state index contributed by atoms with van der Waals surface area (Å²) in [6, 6.07) is 4.88. The minimum Gasteiger partial charge on any atom is -0.462 e. The molecule has 0 fully saturated rings. The van der Waals surface area contributed by atoms with Crippen LogP contribution in [0, 0.1) is 0 Å². The number of fused-ring (bicyclic) bond motifs is 1. The molecule has 6 heteroatoms. The lowest BCUT2D eigenvalue weighted by atomic mass is 9.79. The van der Waals surface area contributed by atoms with Crippen LogP contribution < -0.4 is 5.46 Å². The van der Waals surface area contributed by atoms with E-state index in [2.05, 4.69) is 0 Å². The van der Waals surface area contributed by atoms with E-state index >= 15 is 0 Å². The lowest BCUT2D eigenvalue weighted by Gasteiger charge is -2.05. The van der Waals surface area contributed by atoms with Crippen molar-refractivity contribution < 1.29 is 23.6 Å². The van der Waals surface area contributed by atoms with Crippen molar-refractivity contribution in [3.05, 3.63) is 29.3 Å². The van der Waals surface area contributed by atoms with Gasteiger partial charge in [-0.2, -0.15) is 0 Å². The van der Waals surface area contributed by atoms with Crippen LogP contribution >= 0.6 is 0 Å². The average molecular weight is 238 g/mol. The Balaban J connectivity index is 2.07. The predicted octanol–water partition coefficient (Wildman–Crippen LogP) is 0.421. The molecule has 0 saturated heterocycles. The van der Waals surface area contributed by atoms with Crippen molar-refractivity contribution >= 4 is 18.6 Å². The number of rotatable bonds is 4. The van der Waals surface area contributed by atoms with Gasteiger partial charge in [0.05, 0.1) is 25.5 Å². The number of carbonyl (C=O) groups is 1. The maximum atomic E-state index is 11.8. The van der Waals surface area contributed by atoms with Crippen molar-refractivity contribution in [1.82, 2.24) is 0 Å². The molecule has 1 aliphatic heterocycles. The fourth-order valence-electron chi connectivity index (χ4n) is 1.64.